The van der Waals surface area contributed by atoms with Crippen LogP contribution in [0.4, 0.5) is 0 Å². The number of likely N-dealkylation sites (N-methyl/N-ethyl adjacent to an activating group) is 1. The zero-order valence-corrected chi connectivity index (χ0v) is 12.2. The predicted octanol–water partition coefficient (Wildman–Crippen LogP) is 1.43. The molecule has 1 heterocycles. The first-order valence-electron chi connectivity index (χ1n) is 6.90. The Morgan fingerprint density at radius 1 is 1.58 bits per heavy atom. The highest BCUT2D eigenvalue weighted by atomic mass is 16.5. The molecule has 1 aromatic rings. The van der Waals surface area contributed by atoms with Gasteiger partial charge in [-0.05, 0) is 52.6 Å². The summed E-state index contributed by atoms with van der Waals surface area (Å²) in [5, 5.41) is 7.68. The van der Waals surface area contributed by atoms with Gasteiger partial charge in [-0.25, -0.2) is 4.79 Å². The fourth-order valence-corrected chi connectivity index (χ4v) is 2.65. The molecular weight excluding hydrogens is 242 g/mol. The van der Waals surface area contributed by atoms with Crippen LogP contribution in [-0.2, 0) is 16.1 Å². The molecule has 0 radical (unpaired) electrons. The molecule has 1 N–H and O–H groups in total. The lowest BCUT2D eigenvalue weighted by molar-refractivity contribution is -0.153. The molecule has 0 saturated heterocycles. The molecule has 19 heavy (non-hydrogen) atoms. The van der Waals surface area contributed by atoms with Gasteiger partial charge < -0.3 is 10.1 Å². The topological polar surface area (TPSA) is 56.2 Å². The summed E-state index contributed by atoms with van der Waals surface area (Å²) in [5.41, 5.74) is 1.41. The summed E-state index contributed by atoms with van der Waals surface area (Å²) in [6.07, 6.45) is 2.14. The van der Waals surface area contributed by atoms with Gasteiger partial charge in [0.15, 0.2) is 0 Å². The number of rotatable bonds is 6. The molecule has 1 saturated carbocycles. The van der Waals surface area contributed by atoms with Crippen LogP contribution in [0.5, 0.6) is 0 Å². The second-order valence-electron chi connectivity index (χ2n) is 5.30. The lowest BCUT2D eigenvalue weighted by Crippen LogP contribution is -2.56. The summed E-state index contributed by atoms with van der Waals surface area (Å²) < 4.78 is 7.18. The number of carbonyl (C=O) groups is 1. The van der Waals surface area contributed by atoms with Crippen molar-refractivity contribution in [3.05, 3.63) is 17.5 Å². The van der Waals surface area contributed by atoms with Crippen LogP contribution >= 0.6 is 0 Å². The molecule has 1 aliphatic carbocycles. The molecule has 0 aromatic carbocycles. The number of nitrogens with zero attached hydrogens (tertiary/aromatic N) is 2. The average Bonchev–Trinajstić information content (AvgIpc) is 3.14. The van der Waals surface area contributed by atoms with Crippen LogP contribution in [0.25, 0.3) is 0 Å². The Bertz CT molecular complexity index is 465. The number of aromatic nitrogens is 2. The quantitative estimate of drug-likeness (QED) is 0.791. The van der Waals surface area contributed by atoms with E-state index in [0.29, 0.717) is 19.1 Å². The van der Waals surface area contributed by atoms with Crippen LogP contribution in [0, 0.1) is 19.8 Å². The monoisotopic (exact) mass is 265 g/mol. The van der Waals surface area contributed by atoms with Gasteiger partial charge in [-0.15, -0.1) is 0 Å². The number of aryl methyl sites for hydroxylation is 2. The SMILES string of the molecule is CCOC(=O)C(Cn1nc(C)cc1C)(NC)C1CC1. The zero-order valence-electron chi connectivity index (χ0n) is 12.2. The van der Waals surface area contributed by atoms with Gasteiger partial charge in [0.25, 0.3) is 0 Å². The molecule has 1 unspecified atom stereocenters. The van der Waals surface area contributed by atoms with E-state index in [4.69, 9.17) is 4.74 Å². The van der Waals surface area contributed by atoms with Crippen molar-refractivity contribution < 1.29 is 9.53 Å². The molecule has 1 fully saturated rings. The summed E-state index contributed by atoms with van der Waals surface area (Å²) in [6, 6.07) is 2.03. The highest BCUT2D eigenvalue weighted by Gasteiger charge is 2.51. The van der Waals surface area contributed by atoms with E-state index in [1.165, 1.54) is 0 Å². The Kier molecular flexibility index (Phi) is 3.94. The van der Waals surface area contributed by atoms with E-state index >= 15 is 0 Å². The van der Waals surface area contributed by atoms with Gasteiger partial charge in [-0.1, -0.05) is 0 Å². The highest BCUT2D eigenvalue weighted by Crippen LogP contribution is 2.41. The third kappa shape index (κ3) is 2.66. The number of carbonyl (C=O) groups excluding carboxylic acids is 1. The van der Waals surface area contributed by atoms with Crippen LogP contribution < -0.4 is 5.32 Å². The van der Waals surface area contributed by atoms with Crippen LogP contribution in [0.15, 0.2) is 6.07 Å². The van der Waals surface area contributed by atoms with Crippen LogP contribution in [0.1, 0.15) is 31.2 Å². The lowest BCUT2D eigenvalue weighted by Gasteiger charge is -2.31. The fraction of sp³-hybridized carbons (Fsp3) is 0.714. The van der Waals surface area contributed by atoms with Gasteiger partial charge in [-0.2, -0.15) is 5.10 Å². The molecule has 1 aliphatic rings. The molecule has 1 atom stereocenters. The van der Waals surface area contributed by atoms with Crippen molar-refractivity contribution in [3.63, 3.8) is 0 Å². The minimum atomic E-state index is -0.640. The average molecular weight is 265 g/mol. The Morgan fingerprint density at radius 3 is 2.68 bits per heavy atom. The number of esters is 1. The van der Waals surface area contributed by atoms with Crippen molar-refractivity contribution >= 4 is 5.97 Å². The smallest absolute Gasteiger partial charge is 0.328 e. The molecular formula is C14H23N3O2. The van der Waals surface area contributed by atoms with Gasteiger partial charge in [0, 0.05) is 5.69 Å². The zero-order chi connectivity index (χ0) is 14.0. The third-order valence-electron chi connectivity index (χ3n) is 3.86. The van der Waals surface area contributed by atoms with E-state index in [2.05, 4.69) is 10.4 Å². The molecule has 1 aromatic heterocycles. The Hall–Kier alpha value is -1.36. The predicted molar refractivity (Wildman–Crippen MR) is 72.8 cm³/mol. The highest BCUT2D eigenvalue weighted by molar-refractivity contribution is 5.81. The summed E-state index contributed by atoms with van der Waals surface area (Å²) in [7, 11) is 1.83. The van der Waals surface area contributed by atoms with Crippen molar-refractivity contribution in [2.24, 2.45) is 5.92 Å². The molecule has 0 aliphatic heterocycles. The minimum absolute atomic E-state index is 0.160. The standard InChI is InChI=1S/C14H23N3O2/c1-5-19-13(18)14(15-4,12-6-7-12)9-17-11(3)8-10(2)16-17/h8,12,15H,5-7,9H2,1-4H3. The normalized spacial score (nSPS) is 18.1. The van der Waals surface area contributed by atoms with E-state index in [9.17, 15) is 4.79 Å². The van der Waals surface area contributed by atoms with Gasteiger partial charge >= 0.3 is 5.97 Å². The Labute approximate surface area is 114 Å². The first-order valence-corrected chi connectivity index (χ1v) is 6.90. The van der Waals surface area contributed by atoms with Crippen molar-refractivity contribution in [2.45, 2.75) is 45.7 Å². The van der Waals surface area contributed by atoms with Crippen molar-refractivity contribution in [1.82, 2.24) is 15.1 Å². The number of hydrogen-bond donors (Lipinski definition) is 1. The van der Waals surface area contributed by atoms with Gasteiger partial charge in [0.05, 0.1) is 18.8 Å². The van der Waals surface area contributed by atoms with E-state index in [1.807, 2.05) is 38.6 Å². The number of nitrogens with one attached hydrogen (secondary N) is 1. The van der Waals surface area contributed by atoms with Crippen molar-refractivity contribution in [3.8, 4) is 0 Å². The third-order valence-corrected chi connectivity index (χ3v) is 3.86. The maximum Gasteiger partial charge on any atom is 0.328 e. The molecule has 5 heteroatoms. The minimum Gasteiger partial charge on any atom is -0.465 e. The van der Waals surface area contributed by atoms with E-state index in [1.54, 1.807) is 0 Å². The summed E-state index contributed by atoms with van der Waals surface area (Å²) in [5.74, 6) is 0.188. The largest absolute Gasteiger partial charge is 0.465 e. The number of hydrogen-bond acceptors (Lipinski definition) is 4. The molecule has 0 spiro atoms. The van der Waals surface area contributed by atoms with Crippen LogP contribution in [0.2, 0.25) is 0 Å². The lowest BCUT2D eigenvalue weighted by atomic mass is 9.93. The second kappa shape index (κ2) is 5.33. The summed E-state index contributed by atoms with van der Waals surface area (Å²) in [4.78, 5) is 12.4. The van der Waals surface area contributed by atoms with Crippen molar-refractivity contribution in [1.29, 1.82) is 0 Å². The first kappa shape index (κ1) is 14.1. The maximum absolute atomic E-state index is 12.4. The Balaban J connectivity index is 2.27. The van der Waals surface area contributed by atoms with Gasteiger partial charge in [0.1, 0.15) is 5.54 Å². The van der Waals surface area contributed by atoms with Gasteiger partial charge in [-0.3, -0.25) is 4.68 Å². The molecule has 2 rings (SSSR count). The van der Waals surface area contributed by atoms with Crippen molar-refractivity contribution in [2.75, 3.05) is 13.7 Å². The van der Waals surface area contributed by atoms with E-state index in [-0.39, 0.29) is 5.97 Å². The summed E-state index contributed by atoms with van der Waals surface area (Å²) >= 11 is 0. The van der Waals surface area contributed by atoms with E-state index in [0.717, 1.165) is 24.2 Å². The van der Waals surface area contributed by atoms with Gasteiger partial charge in [0.2, 0.25) is 0 Å². The maximum atomic E-state index is 12.4. The fourth-order valence-electron chi connectivity index (χ4n) is 2.65. The van der Waals surface area contributed by atoms with Crippen LogP contribution in [-0.4, -0.2) is 34.9 Å². The molecule has 5 nitrogen and oxygen atoms in total. The van der Waals surface area contributed by atoms with Crippen LogP contribution in [0.3, 0.4) is 0 Å². The number of ether oxygens (including phenoxy) is 1. The first-order chi connectivity index (χ1) is 9.03. The molecule has 0 bridgehead atoms. The molecule has 106 valence electrons. The second-order valence-corrected chi connectivity index (χ2v) is 5.30. The van der Waals surface area contributed by atoms with E-state index < -0.39 is 5.54 Å². The summed E-state index contributed by atoms with van der Waals surface area (Å²) in [6.45, 7) is 6.76. The Morgan fingerprint density at radius 2 is 2.26 bits per heavy atom. The molecule has 0 amide bonds.